The van der Waals surface area contributed by atoms with Gasteiger partial charge in [0.05, 0.1) is 23.3 Å². The summed E-state index contributed by atoms with van der Waals surface area (Å²) in [5.41, 5.74) is 1.17. The van der Waals surface area contributed by atoms with E-state index in [0.29, 0.717) is 0 Å². The molecule has 0 radical (unpaired) electrons. The van der Waals surface area contributed by atoms with E-state index in [-0.39, 0.29) is 23.3 Å². The summed E-state index contributed by atoms with van der Waals surface area (Å²) in [5.74, 6) is -2.07. The maximum atomic E-state index is 14.2. The van der Waals surface area contributed by atoms with Gasteiger partial charge in [-0.2, -0.15) is 0 Å². The molecule has 1 fully saturated rings. The van der Waals surface area contributed by atoms with Crippen LogP contribution in [0.3, 0.4) is 0 Å². The Morgan fingerprint density at radius 1 is 0.426 bits per heavy atom. The number of carbonyl (C=O) groups is 3. The van der Waals surface area contributed by atoms with Crippen LogP contribution in [0.5, 0.6) is 0 Å². The van der Waals surface area contributed by atoms with Crippen LogP contribution in [0, 0.1) is 0 Å². The van der Waals surface area contributed by atoms with Gasteiger partial charge < -0.3 is 23.7 Å². The number of thioether (sulfide) groups is 1. The van der Waals surface area contributed by atoms with Crippen LogP contribution in [-0.2, 0) is 29.3 Å². The van der Waals surface area contributed by atoms with Gasteiger partial charge in [0.25, 0.3) is 0 Å². The van der Waals surface area contributed by atoms with E-state index in [1.54, 1.807) is 91.0 Å². The van der Waals surface area contributed by atoms with E-state index in [9.17, 15) is 14.4 Å². The second-order valence-electron chi connectivity index (χ2n) is 14.3. The highest BCUT2D eigenvalue weighted by atomic mass is 32.2. The first-order valence-electron chi connectivity index (χ1n) is 20.0. The van der Waals surface area contributed by atoms with Gasteiger partial charge in [0.15, 0.2) is 18.3 Å². The molecule has 0 unspecified atom stereocenters. The maximum absolute atomic E-state index is 14.2. The first kappa shape index (κ1) is 41.0. The van der Waals surface area contributed by atoms with Crippen LogP contribution in [0.15, 0.2) is 217 Å². The Balaban J connectivity index is 1.27. The summed E-state index contributed by atoms with van der Waals surface area (Å²) in [7, 11) is 0. The van der Waals surface area contributed by atoms with Gasteiger partial charge in [-0.15, -0.1) is 0 Å². The topological polar surface area (TPSA) is 97.4 Å². The molecule has 5 atom stereocenters. The number of hydrogen-bond acceptors (Lipinski definition) is 9. The minimum Gasteiger partial charge on any atom is -0.452 e. The van der Waals surface area contributed by atoms with E-state index in [0.717, 1.165) is 21.6 Å². The second kappa shape index (κ2) is 19.5. The van der Waals surface area contributed by atoms with Crippen molar-refractivity contribution < 1.29 is 38.1 Å². The predicted octanol–water partition coefficient (Wildman–Crippen LogP) is 10.2. The number of esters is 3. The van der Waals surface area contributed by atoms with Crippen molar-refractivity contribution in [3.05, 3.63) is 246 Å². The molecule has 1 aliphatic rings. The van der Waals surface area contributed by atoms with Crippen molar-refractivity contribution in [2.24, 2.45) is 0 Å². The van der Waals surface area contributed by atoms with Crippen molar-refractivity contribution in [1.29, 1.82) is 0 Å². The highest BCUT2D eigenvalue weighted by Gasteiger charge is 2.54. The standard InChI is InChI=1S/C52H42O8S/c53-48(37-22-8-1-9-23-37)58-45-44(36-56-52(40-28-14-4-15-29-40,41-30-16-5-17-31-41)42-32-18-6-19-33-42)57-51(61-43-34-20-7-21-35-43)47(60-50(55)39-26-12-3-13-27-39)46(45)59-49(54)38-24-10-2-11-25-38/h1-35,44-47,51H,36H2/t44-,45+,46+,47-,51+/m1/s1. The third-order valence-corrected chi connectivity index (χ3v) is 11.5. The lowest BCUT2D eigenvalue weighted by Crippen LogP contribution is -2.62. The number of rotatable bonds is 14. The van der Waals surface area contributed by atoms with Crippen LogP contribution in [0.1, 0.15) is 47.8 Å². The molecule has 0 aliphatic carbocycles. The maximum Gasteiger partial charge on any atom is 0.338 e. The number of carbonyl (C=O) groups excluding carboxylic acids is 3. The predicted molar refractivity (Wildman–Crippen MR) is 233 cm³/mol. The van der Waals surface area contributed by atoms with E-state index in [1.165, 1.54) is 11.8 Å². The van der Waals surface area contributed by atoms with Crippen molar-refractivity contribution in [1.82, 2.24) is 0 Å². The molecule has 61 heavy (non-hydrogen) atoms. The molecule has 7 aromatic rings. The SMILES string of the molecule is O=C(O[C@H]1[C@@H](OC(=O)c2ccccc2)[C@@H](COC(c2ccccc2)(c2ccccc2)c2ccccc2)O[C@@H](Sc2ccccc2)[C@@H]1OC(=O)c1ccccc1)c1ccccc1. The summed E-state index contributed by atoms with van der Waals surface area (Å²) in [5, 5.41) is 0. The fourth-order valence-corrected chi connectivity index (χ4v) is 8.54. The van der Waals surface area contributed by atoms with Crippen molar-refractivity contribution in [2.45, 2.75) is 40.3 Å². The zero-order valence-corrected chi connectivity index (χ0v) is 33.8. The summed E-state index contributed by atoms with van der Waals surface area (Å²) in [6.07, 6.45) is -5.08. The molecule has 8 nitrogen and oxygen atoms in total. The largest absolute Gasteiger partial charge is 0.452 e. The minimum atomic E-state index is -1.38. The first-order chi connectivity index (χ1) is 30.0. The van der Waals surface area contributed by atoms with Crippen LogP contribution in [-0.4, -0.2) is 54.4 Å². The molecule has 1 aliphatic heterocycles. The third kappa shape index (κ3) is 9.50. The summed E-state index contributed by atoms with van der Waals surface area (Å²) in [4.78, 5) is 43.2. The van der Waals surface area contributed by atoms with Crippen molar-refractivity contribution >= 4 is 29.7 Å². The Morgan fingerprint density at radius 2 is 0.754 bits per heavy atom. The quantitative estimate of drug-likeness (QED) is 0.0603. The fourth-order valence-electron chi connectivity index (χ4n) is 7.42. The summed E-state index contributed by atoms with van der Waals surface area (Å²) in [6.45, 7) is -0.171. The summed E-state index contributed by atoms with van der Waals surface area (Å²) < 4.78 is 33.5. The van der Waals surface area contributed by atoms with Crippen LogP contribution in [0.4, 0.5) is 0 Å². The molecule has 0 amide bonds. The molecule has 0 bridgehead atoms. The lowest BCUT2D eigenvalue weighted by atomic mass is 9.80. The summed E-state index contributed by atoms with van der Waals surface area (Å²) in [6, 6.07) is 64.6. The number of hydrogen-bond donors (Lipinski definition) is 0. The van der Waals surface area contributed by atoms with Gasteiger partial charge in [-0.1, -0.05) is 176 Å². The Labute approximate surface area is 359 Å². The molecule has 0 aromatic heterocycles. The zero-order chi connectivity index (χ0) is 41.9. The zero-order valence-electron chi connectivity index (χ0n) is 33.0. The average molecular weight is 827 g/mol. The van der Waals surface area contributed by atoms with Crippen LogP contribution >= 0.6 is 11.8 Å². The van der Waals surface area contributed by atoms with E-state index in [1.807, 2.05) is 121 Å². The highest BCUT2D eigenvalue weighted by molar-refractivity contribution is 7.99. The molecule has 0 saturated carbocycles. The lowest BCUT2D eigenvalue weighted by molar-refractivity contribution is -0.216. The van der Waals surface area contributed by atoms with Crippen LogP contribution in [0.2, 0.25) is 0 Å². The van der Waals surface area contributed by atoms with Crippen molar-refractivity contribution in [3.63, 3.8) is 0 Å². The lowest BCUT2D eigenvalue weighted by Gasteiger charge is -2.46. The molecule has 0 spiro atoms. The second-order valence-corrected chi connectivity index (χ2v) is 15.4. The van der Waals surface area contributed by atoms with E-state index in [4.69, 9.17) is 23.7 Å². The Bertz CT molecular complexity index is 2380. The third-order valence-electron chi connectivity index (χ3n) is 10.3. The molecule has 8 rings (SSSR count). The molecule has 1 saturated heterocycles. The van der Waals surface area contributed by atoms with Gasteiger partial charge >= 0.3 is 17.9 Å². The summed E-state index contributed by atoms with van der Waals surface area (Å²) >= 11 is 1.29. The number of ether oxygens (including phenoxy) is 5. The molecule has 9 heteroatoms. The monoisotopic (exact) mass is 826 g/mol. The Kier molecular flexibility index (Phi) is 13.1. The van der Waals surface area contributed by atoms with E-state index >= 15 is 0 Å². The van der Waals surface area contributed by atoms with Gasteiger partial charge in [0.2, 0.25) is 0 Å². The molecule has 7 aromatic carbocycles. The number of benzene rings is 7. The smallest absolute Gasteiger partial charge is 0.338 e. The minimum absolute atomic E-state index is 0.171. The normalized spacial score (nSPS) is 18.7. The molecule has 304 valence electrons. The van der Waals surface area contributed by atoms with Crippen molar-refractivity contribution in [3.8, 4) is 0 Å². The van der Waals surface area contributed by atoms with Crippen LogP contribution in [0.25, 0.3) is 0 Å². The Morgan fingerprint density at radius 3 is 1.15 bits per heavy atom. The fraction of sp³-hybridized carbons (Fsp3) is 0.135. The molecular formula is C52H42O8S. The van der Waals surface area contributed by atoms with Crippen molar-refractivity contribution in [2.75, 3.05) is 6.61 Å². The van der Waals surface area contributed by atoms with Crippen LogP contribution < -0.4 is 0 Å². The van der Waals surface area contributed by atoms with Gasteiger partial charge in [0, 0.05) is 4.90 Å². The first-order valence-corrected chi connectivity index (χ1v) is 20.8. The van der Waals surface area contributed by atoms with E-state index in [2.05, 4.69) is 0 Å². The Hall–Kier alpha value is -6.78. The van der Waals surface area contributed by atoms with Gasteiger partial charge in [-0.25, -0.2) is 14.4 Å². The average Bonchev–Trinajstić information content (AvgIpc) is 3.33. The molecular weight excluding hydrogens is 785 g/mol. The van der Waals surface area contributed by atoms with Gasteiger partial charge in [-0.3, -0.25) is 0 Å². The highest BCUT2D eigenvalue weighted by Crippen LogP contribution is 2.43. The molecule has 1 heterocycles. The van der Waals surface area contributed by atoms with Gasteiger partial charge in [-0.05, 0) is 65.2 Å². The van der Waals surface area contributed by atoms with Gasteiger partial charge in [0.1, 0.15) is 17.1 Å². The molecule has 0 N–H and O–H groups in total. The van der Waals surface area contributed by atoms with E-state index < -0.39 is 53.4 Å².